The van der Waals surface area contributed by atoms with Crippen molar-refractivity contribution in [2.75, 3.05) is 19.6 Å². The maximum atomic E-state index is 5.88. The Hall–Kier alpha value is -1.58. The van der Waals surface area contributed by atoms with Gasteiger partial charge in [-0.2, -0.15) is 0 Å². The lowest BCUT2D eigenvalue weighted by molar-refractivity contribution is 0.189. The first-order valence-electron chi connectivity index (χ1n) is 9.84. The maximum absolute atomic E-state index is 5.88. The van der Waals surface area contributed by atoms with Gasteiger partial charge in [-0.25, -0.2) is 15.0 Å². The van der Waals surface area contributed by atoms with E-state index in [0.29, 0.717) is 24.4 Å². The van der Waals surface area contributed by atoms with Crippen molar-refractivity contribution in [3.63, 3.8) is 0 Å². The number of hydrogen-bond acceptors (Lipinski definition) is 4. The van der Waals surface area contributed by atoms with Crippen molar-refractivity contribution in [3.8, 4) is 0 Å². The predicted octanol–water partition coefficient (Wildman–Crippen LogP) is 3.84. The molecule has 0 amide bonds. The molecule has 0 spiro atoms. The number of guanidine groups is 1. The van der Waals surface area contributed by atoms with Crippen LogP contribution in [0.15, 0.2) is 34.3 Å². The van der Waals surface area contributed by atoms with Crippen LogP contribution in [-0.4, -0.2) is 45.0 Å². The summed E-state index contributed by atoms with van der Waals surface area (Å²) in [6, 6.07) is 0.402. The van der Waals surface area contributed by atoms with E-state index in [0.717, 1.165) is 37.8 Å². The van der Waals surface area contributed by atoms with E-state index < -0.39 is 0 Å². The molecular formula is C20H33IN6O. The van der Waals surface area contributed by atoms with Gasteiger partial charge < -0.3 is 19.2 Å². The quantitative estimate of drug-likeness (QED) is 0.393. The molecule has 156 valence electrons. The van der Waals surface area contributed by atoms with Crippen molar-refractivity contribution < 1.29 is 4.42 Å². The molecule has 28 heavy (non-hydrogen) atoms. The third-order valence-corrected chi connectivity index (χ3v) is 5.12. The molecule has 3 heterocycles. The van der Waals surface area contributed by atoms with E-state index in [-0.39, 0.29) is 29.4 Å². The second-order valence-electron chi connectivity index (χ2n) is 8.33. The number of aliphatic imine (C=N–C) groups is 1. The van der Waals surface area contributed by atoms with Crippen LogP contribution in [0.5, 0.6) is 0 Å². The van der Waals surface area contributed by atoms with Crippen LogP contribution in [0.4, 0.5) is 0 Å². The molecule has 3 rings (SSSR count). The number of rotatable bonds is 4. The molecule has 0 bridgehead atoms. The van der Waals surface area contributed by atoms with Gasteiger partial charge in [-0.05, 0) is 19.3 Å². The fourth-order valence-electron chi connectivity index (χ4n) is 3.39. The summed E-state index contributed by atoms with van der Waals surface area (Å²) in [5.41, 5.74) is -0.0412. The number of oxazole rings is 1. The average Bonchev–Trinajstić information content (AvgIpc) is 3.30. The van der Waals surface area contributed by atoms with Gasteiger partial charge in [0, 0.05) is 37.4 Å². The van der Waals surface area contributed by atoms with Gasteiger partial charge in [0.15, 0.2) is 5.96 Å². The lowest BCUT2D eigenvalue weighted by atomic mass is 9.93. The van der Waals surface area contributed by atoms with E-state index in [2.05, 4.69) is 65.6 Å². The first-order chi connectivity index (χ1) is 12.9. The van der Waals surface area contributed by atoms with Crippen molar-refractivity contribution >= 4 is 29.9 Å². The van der Waals surface area contributed by atoms with E-state index in [1.54, 1.807) is 0 Å². The number of imidazole rings is 1. The minimum absolute atomic E-state index is 0. The minimum atomic E-state index is -0.0412. The highest BCUT2D eigenvalue weighted by molar-refractivity contribution is 14.0. The first-order valence-corrected chi connectivity index (χ1v) is 9.84. The van der Waals surface area contributed by atoms with Gasteiger partial charge in [-0.1, -0.05) is 27.7 Å². The van der Waals surface area contributed by atoms with Crippen molar-refractivity contribution in [2.45, 2.75) is 59.0 Å². The normalized spacial score (nSPS) is 20.8. The molecule has 2 aromatic heterocycles. The molecule has 1 aliphatic rings. The summed E-state index contributed by atoms with van der Waals surface area (Å²) in [6.07, 6.45) is 8.75. The second-order valence-corrected chi connectivity index (χ2v) is 8.33. The molecule has 8 heteroatoms. The molecule has 1 aliphatic heterocycles. The number of aromatic nitrogens is 3. The molecule has 1 fully saturated rings. The molecule has 0 saturated carbocycles. The Labute approximate surface area is 185 Å². The molecule has 0 radical (unpaired) electrons. The fourth-order valence-corrected chi connectivity index (χ4v) is 3.39. The van der Waals surface area contributed by atoms with E-state index in [1.807, 2.05) is 18.7 Å². The summed E-state index contributed by atoms with van der Waals surface area (Å²) in [4.78, 5) is 15.7. The van der Waals surface area contributed by atoms with Crippen LogP contribution >= 0.6 is 24.0 Å². The number of halogens is 1. The lowest BCUT2D eigenvalue weighted by Gasteiger charge is -2.39. The molecule has 1 N–H and O–H groups in total. The van der Waals surface area contributed by atoms with Gasteiger partial charge in [0.1, 0.15) is 12.3 Å². The smallest absolute Gasteiger partial charge is 0.216 e. The number of hydrogen-bond donors (Lipinski definition) is 1. The van der Waals surface area contributed by atoms with Crippen LogP contribution < -0.4 is 5.32 Å². The highest BCUT2D eigenvalue weighted by atomic mass is 127. The summed E-state index contributed by atoms with van der Waals surface area (Å²) in [5.74, 6) is 3.08. The number of likely N-dealkylation sites (tertiary alicyclic amines) is 1. The van der Waals surface area contributed by atoms with Crippen molar-refractivity contribution in [2.24, 2.45) is 10.9 Å². The molecule has 0 aromatic carbocycles. The van der Waals surface area contributed by atoms with Crippen LogP contribution in [0.1, 0.15) is 58.7 Å². The van der Waals surface area contributed by atoms with Crippen LogP contribution in [0.25, 0.3) is 0 Å². The SMILES string of the molecule is CCNC(=NCc1ncc(C(C)(C)C)o1)N1CCC(C)C(n2ccnc2)C1.I. The monoisotopic (exact) mass is 500 g/mol. The Kier molecular flexibility index (Phi) is 7.91. The Morgan fingerprint density at radius 3 is 2.79 bits per heavy atom. The summed E-state index contributed by atoms with van der Waals surface area (Å²) < 4.78 is 8.10. The van der Waals surface area contributed by atoms with Gasteiger partial charge in [0.05, 0.1) is 18.6 Å². The van der Waals surface area contributed by atoms with Gasteiger partial charge in [-0.15, -0.1) is 24.0 Å². The zero-order chi connectivity index (χ0) is 19.4. The third kappa shape index (κ3) is 5.48. The Bertz CT molecular complexity index is 749. The summed E-state index contributed by atoms with van der Waals surface area (Å²) in [6.45, 7) is 14.0. The van der Waals surface area contributed by atoms with Crippen molar-refractivity contribution in [1.82, 2.24) is 24.8 Å². The third-order valence-electron chi connectivity index (χ3n) is 5.12. The van der Waals surface area contributed by atoms with Crippen molar-refractivity contribution in [3.05, 3.63) is 36.6 Å². The van der Waals surface area contributed by atoms with Gasteiger partial charge in [0.2, 0.25) is 5.89 Å². The van der Waals surface area contributed by atoms with E-state index >= 15 is 0 Å². The zero-order valence-electron chi connectivity index (χ0n) is 17.6. The summed E-state index contributed by atoms with van der Waals surface area (Å²) >= 11 is 0. The van der Waals surface area contributed by atoms with Gasteiger partial charge >= 0.3 is 0 Å². The van der Waals surface area contributed by atoms with Crippen LogP contribution in [0, 0.1) is 5.92 Å². The maximum Gasteiger partial charge on any atom is 0.216 e. The second kappa shape index (κ2) is 9.76. The molecule has 2 atom stereocenters. The van der Waals surface area contributed by atoms with E-state index in [9.17, 15) is 0 Å². The van der Waals surface area contributed by atoms with Crippen LogP contribution in [0.2, 0.25) is 0 Å². The highest BCUT2D eigenvalue weighted by Crippen LogP contribution is 2.27. The number of piperidine rings is 1. The number of nitrogens with one attached hydrogen (secondary N) is 1. The highest BCUT2D eigenvalue weighted by Gasteiger charge is 2.29. The predicted molar refractivity (Wildman–Crippen MR) is 122 cm³/mol. The topological polar surface area (TPSA) is 71.5 Å². The average molecular weight is 500 g/mol. The van der Waals surface area contributed by atoms with E-state index in [4.69, 9.17) is 9.41 Å². The largest absolute Gasteiger partial charge is 0.443 e. The van der Waals surface area contributed by atoms with Gasteiger partial charge in [0.25, 0.3) is 0 Å². The Morgan fingerprint density at radius 1 is 1.39 bits per heavy atom. The molecule has 2 aromatic rings. The lowest BCUT2D eigenvalue weighted by Crippen LogP contribution is -2.49. The molecule has 1 saturated heterocycles. The molecule has 7 nitrogen and oxygen atoms in total. The fraction of sp³-hybridized carbons (Fsp3) is 0.650. The summed E-state index contributed by atoms with van der Waals surface area (Å²) in [7, 11) is 0. The Balaban J connectivity index is 0.00000280. The summed E-state index contributed by atoms with van der Waals surface area (Å²) in [5, 5.41) is 3.42. The molecular weight excluding hydrogens is 467 g/mol. The minimum Gasteiger partial charge on any atom is -0.443 e. The van der Waals surface area contributed by atoms with Gasteiger partial charge in [-0.3, -0.25) is 0 Å². The standard InChI is InChI=1S/C20H32N6O.HI/c1-6-22-19(24-12-18-23-11-17(27-18)20(3,4)5)25-9-7-15(2)16(13-25)26-10-8-21-14-26;/h8,10-11,14-16H,6-7,9,12-13H2,1-5H3,(H,22,24);1H. The number of nitrogens with zero attached hydrogens (tertiary/aromatic N) is 5. The van der Waals surface area contributed by atoms with E-state index in [1.165, 1.54) is 0 Å². The Morgan fingerprint density at radius 2 is 2.18 bits per heavy atom. The van der Waals surface area contributed by atoms with Crippen LogP contribution in [0.3, 0.4) is 0 Å². The zero-order valence-corrected chi connectivity index (χ0v) is 19.9. The van der Waals surface area contributed by atoms with Crippen LogP contribution in [-0.2, 0) is 12.0 Å². The molecule has 2 unspecified atom stereocenters. The van der Waals surface area contributed by atoms with Crippen molar-refractivity contribution in [1.29, 1.82) is 0 Å². The first kappa shape index (κ1) is 22.7. The molecule has 0 aliphatic carbocycles.